The molecule has 0 saturated heterocycles. The van der Waals surface area contributed by atoms with Crippen molar-refractivity contribution in [3.8, 4) is 0 Å². The van der Waals surface area contributed by atoms with E-state index in [4.69, 9.17) is 4.74 Å². The van der Waals surface area contributed by atoms with E-state index < -0.39 is 5.97 Å². The summed E-state index contributed by atoms with van der Waals surface area (Å²) in [6.45, 7) is 5.87. The Hall–Kier alpha value is -2.47. The van der Waals surface area contributed by atoms with Gasteiger partial charge in [0.15, 0.2) is 12.4 Å². The van der Waals surface area contributed by atoms with Crippen molar-refractivity contribution in [1.82, 2.24) is 0 Å². The van der Waals surface area contributed by atoms with Crippen LogP contribution in [0.1, 0.15) is 70.5 Å². The fourth-order valence-corrected chi connectivity index (χ4v) is 4.76. The minimum atomic E-state index is -0.437. The van der Waals surface area contributed by atoms with Gasteiger partial charge in [0, 0.05) is 22.5 Å². The number of rotatable bonds is 8. The zero-order valence-electron chi connectivity index (χ0n) is 17.8. The molecule has 0 radical (unpaired) electrons. The average Bonchev–Trinajstić information content (AvgIpc) is 3.15. The summed E-state index contributed by atoms with van der Waals surface area (Å²) in [4.78, 5) is 38.5. The van der Waals surface area contributed by atoms with E-state index in [1.54, 1.807) is 24.3 Å². The number of Topliss-reactive ketones (excluding diaryl/α,β-unsaturated/α-hetero) is 1. The molecule has 5 nitrogen and oxygen atoms in total. The van der Waals surface area contributed by atoms with Gasteiger partial charge in [-0.1, -0.05) is 27.2 Å². The lowest BCUT2D eigenvalue weighted by molar-refractivity contribution is -0.116. The van der Waals surface area contributed by atoms with Crippen LogP contribution in [0, 0.1) is 11.8 Å². The minimum Gasteiger partial charge on any atom is -0.453 e. The smallest absolute Gasteiger partial charge is 0.348 e. The molecular formula is C24H29NO4S. The van der Waals surface area contributed by atoms with E-state index in [-0.39, 0.29) is 24.2 Å². The van der Waals surface area contributed by atoms with Crippen molar-refractivity contribution in [2.75, 3.05) is 11.9 Å². The average molecular weight is 428 g/mol. The number of hydrogen-bond acceptors (Lipinski definition) is 5. The van der Waals surface area contributed by atoms with Gasteiger partial charge in [0.1, 0.15) is 4.88 Å². The van der Waals surface area contributed by atoms with Crippen molar-refractivity contribution in [3.63, 3.8) is 0 Å². The summed E-state index contributed by atoms with van der Waals surface area (Å²) in [5.74, 6) is 0.212. The number of ether oxygens (including phenoxy) is 1. The number of fused-ring (bicyclic) bond motifs is 1. The number of carbonyl (C=O) groups is 3. The Bertz CT molecular complexity index is 914. The van der Waals surface area contributed by atoms with Gasteiger partial charge in [0.05, 0.1) is 0 Å². The van der Waals surface area contributed by atoms with Gasteiger partial charge in [0.2, 0.25) is 5.91 Å². The van der Waals surface area contributed by atoms with E-state index in [2.05, 4.69) is 12.2 Å². The summed E-state index contributed by atoms with van der Waals surface area (Å²) in [7, 11) is 0. The minimum absolute atomic E-state index is 0.0538. The molecule has 160 valence electrons. The molecule has 1 atom stereocenters. The lowest BCUT2D eigenvalue weighted by atomic mass is 9.87. The number of carbonyl (C=O) groups excluding carboxylic acids is 3. The molecule has 1 amide bonds. The lowest BCUT2D eigenvalue weighted by Crippen LogP contribution is -2.15. The number of benzene rings is 1. The maximum atomic E-state index is 12.4. The molecule has 1 aromatic heterocycles. The van der Waals surface area contributed by atoms with Crippen LogP contribution in [0.15, 0.2) is 30.3 Å². The van der Waals surface area contributed by atoms with Gasteiger partial charge >= 0.3 is 5.97 Å². The maximum Gasteiger partial charge on any atom is 0.348 e. The molecule has 1 aliphatic rings. The summed E-state index contributed by atoms with van der Waals surface area (Å²) in [5.41, 5.74) is 2.34. The van der Waals surface area contributed by atoms with Gasteiger partial charge in [-0.05, 0) is 67.0 Å². The second-order valence-corrected chi connectivity index (χ2v) is 9.44. The molecule has 6 heteroatoms. The van der Waals surface area contributed by atoms with Gasteiger partial charge in [-0.15, -0.1) is 11.3 Å². The molecule has 30 heavy (non-hydrogen) atoms. The van der Waals surface area contributed by atoms with Gasteiger partial charge in [-0.25, -0.2) is 4.79 Å². The highest BCUT2D eigenvalue weighted by molar-refractivity contribution is 7.14. The molecule has 1 aliphatic carbocycles. The standard InChI is InChI=1S/C24H29NO4S/c1-4-16-5-10-21-18(12-16)13-22(30-21)24(28)29-14-20(26)17-6-8-19(9-7-17)25-23(27)11-15(2)3/h6-9,13,15-16H,4-5,10-12,14H2,1-3H3,(H,25,27)/t16-/m0/s1. The third kappa shape index (κ3) is 5.79. The monoisotopic (exact) mass is 427 g/mol. The van der Waals surface area contributed by atoms with Crippen molar-refractivity contribution in [2.45, 2.75) is 52.9 Å². The molecule has 0 spiro atoms. The normalized spacial score (nSPS) is 15.5. The second-order valence-electron chi connectivity index (χ2n) is 8.30. The Morgan fingerprint density at radius 2 is 1.93 bits per heavy atom. The van der Waals surface area contributed by atoms with E-state index in [0.717, 1.165) is 19.3 Å². The van der Waals surface area contributed by atoms with Crippen molar-refractivity contribution >= 4 is 34.7 Å². The molecule has 0 fully saturated rings. The van der Waals surface area contributed by atoms with E-state index in [1.807, 2.05) is 19.9 Å². The van der Waals surface area contributed by atoms with Crippen molar-refractivity contribution < 1.29 is 19.1 Å². The molecule has 1 aromatic carbocycles. The van der Waals surface area contributed by atoms with E-state index >= 15 is 0 Å². The predicted octanol–water partition coefficient (Wildman–Crippen LogP) is 5.29. The quantitative estimate of drug-likeness (QED) is 0.459. The fourth-order valence-electron chi connectivity index (χ4n) is 3.66. The predicted molar refractivity (Wildman–Crippen MR) is 119 cm³/mol. The summed E-state index contributed by atoms with van der Waals surface area (Å²) in [6.07, 6.45) is 4.82. The SMILES string of the molecule is CC[C@H]1CCc2sc(C(=O)OCC(=O)c3ccc(NC(=O)CC(C)C)cc3)cc2C1. The van der Waals surface area contributed by atoms with Crippen molar-refractivity contribution in [2.24, 2.45) is 11.8 Å². The van der Waals surface area contributed by atoms with E-state index in [0.29, 0.717) is 28.5 Å². The molecule has 3 rings (SSSR count). The van der Waals surface area contributed by atoms with Crippen LogP contribution in [-0.4, -0.2) is 24.3 Å². The molecule has 0 aliphatic heterocycles. The van der Waals surface area contributed by atoms with Gasteiger partial charge in [-0.2, -0.15) is 0 Å². The number of ketones is 1. The Balaban J connectivity index is 1.52. The van der Waals surface area contributed by atoms with Crippen LogP contribution in [0.25, 0.3) is 0 Å². The Labute approximate surface area is 181 Å². The Kier molecular flexibility index (Phi) is 7.43. The third-order valence-electron chi connectivity index (χ3n) is 5.38. The largest absolute Gasteiger partial charge is 0.453 e. The fraction of sp³-hybridized carbons (Fsp3) is 0.458. The van der Waals surface area contributed by atoms with Crippen molar-refractivity contribution in [1.29, 1.82) is 0 Å². The maximum absolute atomic E-state index is 12.4. The van der Waals surface area contributed by atoms with Crippen LogP contribution in [-0.2, 0) is 22.4 Å². The second kappa shape index (κ2) is 10.0. The number of amides is 1. The van der Waals surface area contributed by atoms with Crippen LogP contribution in [0.3, 0.4) is 0 Å². The first-order valence-corrected chi connectivity index (χ1v) is 11.4. The van der Waals surface area contributed by atoms with E-state index in [9.17, 15) is 14.4 Å². The highest BCUT2D eigenvalue weighted by atomic mass is 32.1. The highest BCUT2D eigenvalue weighted by Crippen LogP contribution is 2.33. The summed E-state index contributed by atoms with van der Waals surface area (Å²) >= 11 is 1.49. The first-order valence-electron chi connectivity index (χ1n) is 10.6. The van der Waals surface area contributed by atoms with Crippen LogP contribution in [0.5, 0.6) is 0 Å². The van der Waals surface area contributed by atoms with Gasteiger partial charge in [-0.3, -0.25) is 9.59 Å². The summed E-state index contributed by atoms with van der Waals surface area (Å²) < 4.78 is 5.27. The highest BCUT2D eigenvalue weighted by Gasteiger charge is 2.23. The Morgan fingerprint density at radius 1 is 1.20 bits per heavy atom. The Morgan fingerprint density at radius 3 is 2.60 bits per heavy atom. The zero-order chi connectivity index (χ0) is 21.7. The van der Waals surface area contributed by atoms with Gasteiger partial charge in [0.25, 0.3) is 0 Å². The number of esters is 1. The topological polar surface area (TPSA) is 72.5 Å². The molecule has 2 aromatic rings. The van der Waals surface area contributed by atoms with Crippen LogP contribution in [0.4, 0.5) is 5.69 Å². The van der Waals surface area contributed by atoms with Crippen molar-refractivity contribution in [3.05, 3.63) is 51.2 Å². The lowest BCUT2D eigenvalue weighted by Gasteiger charge is -2.19. The molecule has 1 heterocycles. The molecule has 1 N–H and O–H groups in total. The molecule has 0 unspecified atom stereocenters. The van der Waals surface area contributed by atoms with Gasteiger partial charge < -0.3 is 10.1 Å². The van der Waals surface area contributed by atoms with Crippen LogP contribution >= 0.6 is 11.3 Å². The molecular weight excluding hydrogens is 398 g/mol. The summed E-state index contributed by atoms with van der Waals surface area (Å²) in [5, 5.41) is 2.81. The number of nitrogens with one attached hydrogen (secondary N) is 1. The third-order valence-corrected chi connectivity index (χ3v) is 6.60. The zero-order valence-corrected chi connectivity index (χ0v) is 18.6. The van der Waals surface area contributed by atoms with Crippen LogP contribution in [0.2, 0.25) is 0 Å². The first kappa shape index (κ1) is 22.2. The molecule has 0 bridgehead atoms. The number of aryl methyl sites for hydroxylation is 1. The van der Waals surface area contributed by atoms with Crippen LogP contribution < -0.4 is 5.32 Å². The number of anilines is 1. The summed E-state index contributed by atoms with van der Waals surface area (Å²) in [6, 6.07) is 8.57. The number of hydrogen-bond donors (Lipinski definition) is 1. The first-order chi connectivity index (χ1) is 14.4. The van der Waals surface area contributed by atoms with E-state index in [1.165, 1.54) is 28.2 Å². The molecule has 0 saturated carbocycles. The number of thiophene rings is 1.